The molecule has 0 fully saturated rings. The molecule has 1 aromatic carbocycles. The average Bonchev–Trinajstić information content (AvgIpc) is 2.60. The summed E-state index contributed by atoms with van der Waals surface area (Å²) in [4.78, 5) is 36.9. The van der Waals surface area contributed by atoms with Gasteiger partial charge in [0.1, 0.15) is 0 Å². The molecule has 6 nitrogen and oxygen atoms in total. The second-order valence-electron chi connectivity index (χ2n) is 6.64. The summed E-state index contributed by atoms with van der Waals surface area (Å²) in [5.74, 6) is -1.26. The van der Waals surface area contributed by atoms with E-state index in [0.717, 1.165) is 5.56 Å². The smallest absolute Gasteiger partial charge is 0.337 e. The molecule has 0 saturated carbocycles. The molecule has 0 aliphatic carbocycles. The maximum absolute atomic E-state index is 11.2. The van der Waals surface area contributed by atoms with Crippen LogP contribution in [-0.4, -0.2) is 35.6 Å². The molecule has 0 radical (unpaired) electrons. The van der Waals surface area contributed by atoms with Crippen LogP contribution in [-0.2, 0) is 14.3 Å². The summed E-state index contributed by atoms with van der Waals surface area (Å²) in [5, 5.41) is 8.42. The van der Waals surface area contributed by atoms with E-state index in [-0.39, 0.29) is 22.7 Å². The molecule has 6 heteroatoms. The normalized spacial score (nSPS) is 13.2. The molecule has 0 saturated heterocycles. The summed E-state index contributed by atoms with van der Waals surface area (Å²) in [5.41, 5.74) is 1.98. The Labute approximate surface area is 152 Å². The average molecular weight is 357 g/mol. The van der Waals surface area contributed by atoms with E-state index in [0.29, 0.717) is 17.7 Å². The van der Waals surface area contributed by atoms with Crippen LogP contribution in [0.3, 0.4) is 0 Å². The summed E-state index contributed by atoms with van der Waals surface area (Å²) in [6.45, 7) is 8.89. The molecule has 1 aliphatic heterocycles. The van der Waals surface area contributed by atoms with Crippen molar-refractivity contribution in [2.45, 2.75) is 27.2 Å². The van der Waals surface area contributed by atoms with Gasteiger partial charge in [-0.05, 0) is 29.2 Å². The van der Waals surface area contributed by atoms with E-state index in [4.69, 9.17) is 5.11 Å². The van der Waals surface area contributed by atoms with Gasteiger partial charge in [0.15, 0.2) is 5.78 Å². The number of ether oxygens (including phenoxy) is 1. The van der Waals surface area contributed by atoms with Crippen molar-refractivity contribution in [3.05, 3.63) is 59.8 Å². The van der Waals surface area contributed by atoms with E-state index in [9.17, 15) is 14.4 Å². The first-order valence-corrected chi connectivity index (χ1v) is 7.93. The van der Waals surface area contributed by atoms with Gasteiger partial charge in [-0.1, -0.05) is 39.5 Å². The zero-order valence-electron chi connectivity index (χ0n) is 15.4. The summed E-state index contributed by atoms with van der Waals surface area (Å²) in [6, 6.07) is 6.84. The highest BCUT2D eigenvalue weighted by molar-refractivity contribution is 6.15. The Balaban J connectivity index is 0.000000321. The Morgan fingerprint density at radius 2 is 1.77 bits per heavy atom. The van der Waals surface area contributed by atoms with Crippen LogP contribution < -0.4 is 0 Å². The fourth-order valence-corrected chi connectivity index (χ4v) is 1.89. The molecule has 0 unspecified atom stereocenters. The molecule has 1 aliphatic rings. The Kier molecular flexibility index (Phi) is 7.19. The van der Waals surface area contributed by atoms with Gasteiger partial charge in [0.25, 0.3) is 0 Å². The first-order chi connectivity index (χ1) is 12.1. The van der Waals surface area contributed by atoms with Gasteiger partial charge in [-0.15, -0.1) is 0 Å². The van der Waals surface area contributed by atoms with E-state index in [1.165, 1.54) is 19.4 Å². The lowest BCUT2D eigenvalue weighted by molar-refractivity contribution is -0.133. The van der Waals surface area contributed by atoms with Gasteiger partial charge < -0.3 is 9.84 Å². The predicted octanol–water partition coefficient (Wildman–Crippen LogP) is 3.42. The Morgan fingerprint density at radius 1 is 1.19 bits per heavy atom. The van der Waals surface area contributed by atoms with Crippen LogP contribution in [0.15, 0.2) is 53.7 Å². The highest BCUT2D eigenvalue weighted by Gasteiger charge is 2.20. The van der Waals surface area contributed by atoms with E-state index in [1.54, 1.807) is 24.3 Å². The molecule has 0 spiro atoms. The molecule has 26 heavy (non-hydrogen) atoms. The number of rotatable bonds is 3. The molecular formula is C20H23NO5. The minimum Gasteiger partial charge on any atom is -0.478 e. The number of allylic oxidation sites excluding steroid dienone is 1. The van der Waals surface area contributed by atoms with Gasteiger partial charge in [-0.2, -0.15) is 0 Å². The third-order valence-electron chi connectivity index (χ3n) is 3.64. The molecule has 0 bridgehead atoms. The van der Waals surface area contributed by atoms with Crippen LogP contribution in [0.4, 0.5) is 0 Å². The number of esters is 1. The first-order valence-electron chi connectivity index (χ1n) is 7.93. The van der Waals surface area contributed by atoms with Crippen LogP contribution in [0, 0.1) is 5.41 Å². The van der Waals surface area contributed by atoms with E-state index in [2.05, 4.69) is 16.3 Å². The minimum absolute atomic E-state index is 0.0343. The Morgan fingerprint density at radius 3 is 2.15 bits per heavy atom. The standard InChI is InChI=1S/C13H11NO3.C7H12O2/c1-17-13(16)10-4-2-9(3-5-10)12-8-11(15)6-7-14-12;1-5(6(8)9)7(2,3)4/h2-7H,8H2,1H3;1H2,2-4H3,(H,8,9). The number of nitrogens with zero attached hydrogens (tertiary/aromatic N) is 1. The molecule has 0 atom stereocenters. The predicted molar refractivity (Wildman–Crippen MR) is 99.3 cm³/mol. The van der Waals surface area contributed by atoms with E-state index >= 15 is 0 Å². The fourth-order valence-electron chi connectivity index (χ4n) is 1.89. The Bertz CT molecular complexity index is 764. The van der Waals surface area contributed by atoms with Gasteiger partial charge >= 0.3 is 11.9 Å². The van der Waals surface area contributed by atoms with Crippen molar-refractivity contribution in [3.8, 4) is 0 Å². The quantitative estimate of drug-likeness (QED) is 0.661. The van der Waals surface area contributed by atoms with Crippen molar-refractivity contribution in [2.24, 2.45) is 10.4 Å². The van der Waals surface area contributed by atoms with E-state index in [1.807, 2.05) is 20.8 Å². The van der Waals surface area contributed by atoms with Gasteiger partial charge in [0, 0.05) is 11.8 Å². The van der Waals surface area contributed by atoms with Crippen LogP contribution in [0.25, 0.3) is 0 Å². The first kappa shape index (κ1) is 21.0. The van der Waals surface area contributed by atoms with Crippen LogP contribution in [0.1, 0.15) is 43.1 Å². The van der Waals surface area contributed by atoms with Crippen molar-refractivity contribution in [3.63, 3.8) is 0 Å². The number of carbonyl (C=O) groups is 3. The number of benzene rings is 1. The molecule has 1 heterocycles. The zero-order valence-corrected chi connectivity index (χ0v) is 15.4. The van der Waals surface area contributed by atoms with Crippen LogP contribution in [0.2, 0.25) is 0 Å². The fraction of sp³-hybridized carbons (Fsp3) is 0.300. The number of hydrogen-bond acceptors (Lipinski definition) is 5. The summed E-state index contributed by atoms with van der Waals surface area (Å²) < 4.78 is 4.60. The monoisotopic (exact) mass is 357 g/mol. The number of ketones is 1. The number of methoxy groups -OCH3 is 1. The van der Waals surface area contributed by atoms with Gasteiger partial charge in [-0.3, -0.25) is 9.79 Å². The second-order valence-corrected chi connectivity index (χ2v) is 6.64. The zero-order chi connectivity index (χ0) is 19.9. The molecule has 1 N–H and O–H groups in total. The molecule has 2 rings (SSSR count). The van der Waals surface area contributed by atoms with Gasteiger partial charge in [0.05, 0.1) is 24.8 Å². The van der Waals surface area contributed by atoms with Gasteiger partial charge in [0.2, 0.25) is 0 Å². The lowest BCUT2D eigenvalue weighted by atomic mass is 9.88. The summed E-state index contributed by atoms with van der Waals surface area (Å²) in [7, 11) is 1.34. The number of aliphatic imine (C=N–C) groups is 1. The topological polar surface area (TPSA) is 93.0 Å². The largest absolute Gasteiger partial charge is 0.478 e. The number of carboxylic acids is 1. The van der Waals surface area contributed by atoms with Crippen LogP contribution >= 0.6 is 0 Å². The molecule has 138 valence electrons. The van der Waals surface area contributed by atoms with Gasteiger partial charge in [-0.25, -0.2) is 9.59 Å². The van der Waals surface area contributed by atoms with Crippen molar-refractivity contribution in [1.82, 2.24) is 0 Å². The molecule has 1 aromatic rings. The minimum atomic E-state index is -0.914. The Hall–Kier alpha value is -3.02. The highest BCUT2D eigenvalue weighted by atomic mass is 16.5. The van der Waals surface area contributed by atoms with Crippen molar-refractivity contribution in [2.75, 3.05) is 7.11 Å². The maximum Gasteiger partial charge on any atom is 0.337 e. The lowest BCUT2D eigenvalue weighted by Gasteiger charge is -2.17. The molecular weight excluding hydrogens is 334 g/mol. The molecule has 0 amide bonds. The van der Waals surface area contributed by atoms with Crippen molar-refractivity contribution >= 4 is 23.4 Å². The lowest BCUT2D eigenvalue weighted by Crippen LogP contribution is -2.15. The molecule has 0 aromatic heterocycles. The summed E-state index contributed by atoms with van der Waals surface area (Å²) in [6.07, 6.45) is 3.25. The third-order valence-corrected chi connectivity index (χ3v) is 3.64. The third kappa shape index (κ3) is 6.12. The number of aliphatic carboxylic acids is 1. The number of carboxylic acid groups (broad SMARTS) is 1. The van der Waals surface area contributed by atoms with E-state index < -0.39 is 5.97 Å². The second kappa shape index (κ2) is 8.89. The number of carbonyl (C=O) groups excluding carboxylic acids is 2. The number of hydrogen-bond donors (Lipinski definition) is 1. The van der Waals surface area contributed by atoms with Crippen molar-refractivity contribution in [1.29, 1.82) is 0 Å². The van der Waals surface area contributed by atoms with Crippen molar-refractivity contribution < 1.29 is 24.2 Å². The summed E-state index contributed by atoms with van der Waals surface area (Å²) >= 11 is 0. The SMILES string of the molecule is C=C(C(=O)O)C(C)(C)C.COC(=O)c1ccc(C2=NC=CC(=O)C2)cc1. The van der Waals surface area contributed by atoms with Crippen LogP contribution in [0.5, 0.6) is 0 Å². The maximum atomic E-state index is 11.2. The highest BCUT2D eigenvalue weighted by Crippen LogP contribution is 2.22.